The first-order valence-corrected chi connectivity index (χ1v) is 28.0. The summed E-state index contributed by atoms with van der Waals surface area (Å²) >= 11 is 0. The average molecular weight is 828 g/mol. The highest BCUT2D eigenvalue weighted by molar-refractivity contribution is 5.30. The van der Waals surface area contributed by atoms with E-state index < -0.39 is 0 Å². The molecule has 0 aromatic heterocycles. The van der Waals surface area contributed by atoms with Crippen LogP contribution in [0.2, 0.25) is 0 Å². The van der Waals surface area contributed by atoms with Crippen molar-refractivity contribution in [2.24, 2.45) is 114 Å². The van der Waals surface area contributed by atoms with E-state index in [4.69, 9.17) is 0 Å². The van der Waals surface area contributed by atoms with Crippen LogP contribution in [-0.4, -0.2) is 0 Å². The van der Waals surface area contributed by atoms with Gasteiger partial charge in [0.25, 0.3) is 0 Å². The third-order valence-corrected chi connectivity index (χ3v) is 25.4. The molecular weight excluding hydrogens is 721 g/mol. The van der Waals surface area contributed by atoms with E-state index in [2.05, 4.69) is 104 Å². The molecule has 0 radical (unpaired) electrons. The van der Waals surface area contributed by atoms with E-state index in [1.165, 1.54) is 116 Å². The predicted octanol–water partition coefficient (Wildman–Crippen LogP) is 18.8. The molecule has 1 unspecified atom stereocenters. The highest BCUT2D eigenvalue weighted by Crippen LogP contribution is 2.89. The maximum absolute atomic E-state index is 2.81. The Labute approximate surface area is 376 Å². The molecule has 9 fully saturated rings. The van der Waals surface area contributed by atoms with Gasteiger partial charge in [-0.1, -0.05) is 155 Å². The van der Waals surface area contributed by atoms with Crippen LogP contribution in [0, 0.1) is 114 Å². The maximum Gasteiger partial charge on any atom is -0.0198 e. The van der Waals surface area contributed by atoms with Crippen molar-refractivity contribution in [1.82, 2.24) is 0 Å². The summed E-state index contributed by atoms with van der Waals surface area (Å²) in [5.74, 6) is 10.6. The first-order chi connectivity index (χ1) is 28.0. The van der Waals surface area contributed by atoms with Gasteiger partial charge < -0.3 is 0 Å². The van der Waals surface area contributed by atoms with Crippen molar-refractivity contribution in [3.8, 4) is 0 Å². The van der Waals surface area contributed by atoms with Crippen LogP contribution < -0.4 is 0 Å². The molecule has 16 atom stereocenters. The Morgan fingerprint density at radius 2 is 0.867 bits per heavy atom. The van der Waals surface area contributed by atoms with E-state index in [9.17, 15) is 0 Å². The Morgan fingerprint density at radius 1 is 0.383 bits per heavy atom. The lowest BCUT2D eigenvalue weighted by Gasteiger charge is -2.67. The summed E-state index contributed by atoms with van der Waals surface area (Å²) in [5.41, 5.74) is 5.76. The van der Waals surface area contributed by atoms with Gasteiger partial charge in [-0.2, -0.15) is 0 Å². The fourth-order valence-corrected chi connectivity index (χ4v) is 22.1. The number of hydrogen-bond donors (Lipinski definition) is 0. The first-order valence-electron chi connectivity index (χ1n) is 28.0. The first kappa shape index (κ1) is 46.5. The molecule has 9 aliphatic carbocycles. The summed E-state index contributed by atoms with van der Waals surface area (Å²) in [4.78, 5) is 0. The van der Waals surface area contributed by atoms with Crippen LogP contribution in [0.15, 0.2) is 0 Å². The van der Waals surface area contributed by atoms with Crippen LogP contribution in [-0.2, 0) is 0 Å². The summed E-state index contributed by atoms with van der Waals surface area (Å²) in [5, 5.41) is 0. The van der Waals surface area contributed by atoms with E-state index in [1.54, 1.807) is 44.9 Å². The van der Waals surface area contributed by atoms with Crippen LogP contribution in [0.1, 0.15) is 264 Å². The van der Waals surface area contributed by atoms with Crippen LogP contribution in [0.5, 0.6) is 0 Å². The van der Waals surface area contributed by atoms with Gasteiger partial charge in [0.2, 0.25) is 0 Å². The maximum atomic E-state index is 2.81. The van der Waals surface area contributed by atoms with Crippen molar-refractivity contribution >= 4 is 0 Å². The Bertz CT molecular complexity index is 1490. The van der Waals surface area contributed by atoms with Gasteiger partial charge in [0.15, 0.2) is 0 Å². The van der Waals surface area contributed by atoms with Gasteiger partial charge >= 0.3 is 0 Å². The van der Waals surface area contributed by atoms with E-state index >= 15 is 0 Å². The third-order valence-electron chi connectivity index (χ3n) is 25.4. The van der Waals surface area contributed by atoms with Gasteiger partial charge in [-0.05, 0) is 223 Å². The van der Waals surface area contributed by atoms with Crippen LogP contribution in [0.3, 0.4) is 0 Å². The summed E-state index contributed by atoms with van der Waals surface area (Å²) in [6, 6.07) is 0. The van der Waals surface area contributed by atoms with Crippen molar-refractivity contribution in [3.63, 3.8) is 0 Å². The molecule has 0 aromatic carbocycles. The minimum atomic E-state index is 0.572. The largest absolute Gasteiger partial charge is 0.0628 e. The Kier molecular flexibility index (Phi) is 12.3. The number of hydrogen-bond acceptors (Lipinski definition) is 0. The SMILES string of the molecule is CC(C)CCC[C@@H](C)C1CC[C@@]2(C)[C@@H]3CC[C@H]4C(C)(C)CCC[C@]4(C)[C@H]3CC[C@]12C.CC(C)CCC[C@@H](C)[C@H]1CC[C@@]2(C)[C@@H]3CC[C@H]4C(C)(C)CCC[C@@]45C[C@@]35CC[C@]12C. The van der Waals surface area contributed by atoms with Gasteiger partial charge in [-0.25, -0.2) is 0 Å². The van der Waals surface area contributed by atoms with E-state index in [0.717, 1.165) is 75.9 Å². The summed E-state index contributed by atoms with van der Waals surface area (Å²) < 4.78 is 0. The van der Waals surface area contributed by atoms with Gasteiger partial charge in [-0.3, -0.25) is 0 Å². The molecule has 0 saturated heterocycles. The van der Waals surface area contributed by atoms with E-state index in [1.807, 2.05) is 0 Å². The van der Waals surface area contributed by atoms with Crippen LogP contribution >= 0.6 is 0 Å². The van der Waals surface area contributed by atoms with Crippen molar-refractivity contribution in [3.05, 3.63) is 0 Å². The highest BCUT2D eigenvalue weighted by atomic mass is 14.9. The molecule has 9 saturated carbocycles. The summed E-state index contributed by atoms with van der Waals surface area (Å²) in [6.45, 7) is 39.2. The average Bonchev–Trinajstić information content (AvgIpc) is 3.60. The molecule has 346 valence electrons. The molecule has 0 heterocycles. The molecular formula is C60H106. The minimum Gasteiger partial charge on any atom is -0.0628 e. The lowest BCUT2D eigenvalue weighted by Crippen LogP contribution is -2.59. The van der Waals surface area contributed by atoms with Gasteiger partial charge in [0, 0.05) is 0 Å². The zero-order valence-corrected chi connectivity index (χ0v) is 43.5. The molecule has 9 aliphatic rings. The molecule has 0 bridgehead atoms. The van der Waals surface area contributed by atoms with Crippen molar-refractivity contribution in [2.75, 3.05) is 0 Å². The Hall–Kier alpha value is 0. The van der Waals surface area contributed by atoms with Crippen LogP contribution in [0.4, 0.5) is 0 Å². The van der Waals surface area contributed by atoms with Crippen molar-refractivity contribution < 1.29 is 0 Å². The second kappa shape index (κ2) is 15.8. The summed E-state index contributed by atoms with van der Waals surface area (Å²) in [6.07, 6.45) is 37.9. The van der Waals surface area contributed by atoms with Crippen LogP contribution in [0.25, 0.3) is 0 Å². The fourth-order valence-electron chi connectivity index (χ4n) is 22.1. The third kappa shape index (κ3) is 6.84. The zero-order chi connectivity index (χ0) is 43.5. The zero-order valence-electron chi connectivity index (χ0n) is 43.5. The molecule has 0 aliphatic heterocycles. The molecule has 0 aromatic rings. The standard InChI is InChI=1S/C30H52.C30H54/c1-21(2)10-8-11-22(3)23-14-17-28(7)25-13-12-24-26(4,5)15-9-16-29(24)20-30(25,29)19-18-27(23,28)6;1-21(2)11-9-12-22(3)23-15-19-30(8)25-13-14-26-27(4,5)17-10-18-28(26,6)24(25)16-20-29(23,30)7/h21-25H,8-20H2,1-7H3;21-26H,9-20H2,1-8H3/t22-,23-,24+,25+,27-,28+,29-,30+;22-,23?,24+,25-,26+,28-,29-,30+/m11/s1. The smallest absolute Gasteiger partial charge is 0.0198 e. The Morgan fingerprint density at radius 3 is 1.47 bits per heavy atom. The molecule has 0 heteroatoms. The molecule has 0 nitrogen and oxygen atoms in total. The normalized spacial score (nSPS) is 50.5. The quantitative estimate of drug-likeness (QED) is 0.206. The van der Waals surface area contributed by atoms with Gasteiger partial charge in [0.05, 0.1) is 0 Å². The molecule has 0 N–H and O–H groups in total. The van der Waals surface area contributed by atoms with Crippen molar-refractivity contribution in [1.29, 1.82) is 0 Å². The number of rotatable bonds is 10. The van der Waals surface area contributed by atoms with Crippen molar-refractivity contribution in [2.45, 2.75) is 264 Å². The highest BCUT2D eigenvalue weighted by Gasteiger charge is 2.81. The topological polar surface area (TPSA) is 0 Å². The molecule has 2 spiro atoms. The number of fused-ring (bicyclic) bond motifs is 7. The molecule has 0 amide bonds. The van der Waals surface area contributed by atoms with E-state index in [-0.39, 0.29) is 0 Å². The Balaban J connectivity index is 0.000000166. The lowest BCUT2D eigenvalue weighted by molar-refractivity contribution is -0.179. The van der Waals surface area contributed by atoms with Gasteiger partial charge in [-0.15, -0.1) is 0 Å². The predicted molar refractivity (Wildman–Crippen MR) is 261 cm³/mol. The molecule has 9 rings (SSSR count). The second-order valence-electron chi connectivity index (χ2n) is 29.3. The van der Waals surface area contributed by atoms with E-state index in [0.29, 0.717) is 37.9 Å². The fraction of sp³-hybridized carbons (Fsp3) is 1.00. The summed E-state index contributed by atoms with van der Waals surface area (Å²) in [7, 11) is 0. The second-order valence-corrected chi connectivity index (χ2v) is 29.3. The molecule has 60 heavy (non-hydrogen) atoms. The lowest BCUT2D eigenvalue weighted by atomic mass is 9.38. The minimum absolute atomic E-state index is 0.572. The van der Waals surface area contributed by atoms with Gasteiger partial charge in [0.1, 0.15) is 0 Å². The monoisotopic (exact) mass is 827 g/mol.